The summed E-state index contributed by atoms with van der Waals surface area (Å²) in [6, 6.07) is 5.61. The fourth-order valence-corrected chi connectivity index (χ4v) is 3.61. The standard InChI is InChI=1S/C16H22F3N/c1-14(2)13(15(14,3)4)12(20-5)10-8-6-7-9-11(10)16(17,18)19/h6-9,12-13,20H,1-5H3. The van der Waals surface area contributed by atoms with E-state index in [0.717, 1.165) is 0 Å². The molecule has 1 fully saturated rings. The van der Waals surface area contributed by atoms with Crippen molar-refractivity contribution in [1.82, 2.24) is 5.32 Å². The zero-order valence-corrected chi connectivity index (χ0v) is 12.6. The number of alkyl halides is 3. The predicted octanol–water partition coefficient (Wildman–Crippen LogP) is 4.65. The first-order valence-corrected chi connectivity index (χ1v) is 6.88. The fourth-order valence-electron chi connectivity index (χ4n) is 3.61. The van der Waals surface area contributed by atoms with Crippen molar-refractivity contribution in [3.8, 4) is 0 Å². The molecular weight excluding hydrogens is 263 g/mol. The first kappa shape index (κ1) is 15.4. The summed E-state index contributed by atoms with van der Waals surface area (Å²) >= 11 is 0. The maximum absolute atomic E-state index is 13.2. The lowest BCUT2D eigenvalue weighted by atomic mass is 9.92. The molecule has 1 aromatic carbocycles. The summed E-state index contributed by atoms with van der Waals surface area (Å²) in [6.45, 7) is 8.49. The Kier molecular flexibility index (Phi) is 3.44. The Morgan fingerprint density at radius 3 is 1.95 bits per heavy atom. The molecule has 0 bridgehead atoms. The van der Waals surface area contributed by atoms with E-state index in [4.69, 9.17) is 0 Å². The lowest BCUT2D eigenvalue weighted by molar-refractivity contribution is -0.138. The summed E-state index contributed by atoms with van der Waals surface area (Å²) in [7, 11) is 1.74. The molecule has 1 aromatic rings. The average molecular weight is 285 g/mol. The zero-order chi connectivity index (χ0) is 15.3. The molecular formula is C16H22F3N. The molecule has 1 N–H and O–H groups in total. The van der Waals surface area contributed by atoms with E-state index in [0.29, 0.717) is 5.56 Å². The molecule has 0 aromatic heterocycles. The van der Waals surface area contributed by atoms with Gasteiger partial charge in [-0.05, 0) is 35.4 Å². The number of hydrogen-bond donors (Lipinski definition) is 1. The van der Waals surface area contributed by atoms with Gasteiger partial charge in [-0.2, -0.15) is 13.2 Å². The molecule has 1 atom stereocenters. The third-order valence-corrected chi connectivity index (χ3v) is 5.38. The van der Waals surface area contributed by atoms with Gasteiger partial charge >= 0.3 is 6.18 Å². The Balaban J connectivity index is 2.46. The van der Waals surface area contributed by atoms with Crippen LogP contribution in [0.25, 0.3) is 0 Å². The second kappa shape index (κ2) is 4.48. The molecule has 2 rings (SSSR count). The summed E-state index contributed by atoms with van der Waals surface area (Å²) in [5, 5.41) is 3.10. The molecule has 0 radical (unpaired) electrons. The third kappa shape index (κ3) is 2.14. The quantitative estimate of drug-likeness (QED) is 0.852. The van der Waals surface area contributed by atoms with Gasteiger partial charge in [-0.15, -0.1) is 0 Å². The van der Waals surface area contributed by atoms with Gasteiger partial charge in [-0.3, -0.25) is 0 Å². The van der Waals surface area contributed by atoms with E-state index in [1.54, 1.807) is 19.2 Å². The van der Waals surface area contributed by atoms with Crippen LogP contribution in [0.15, 0.2) is 24.3 Å². The van der Waals surface area contributed by atoms with E-state index in [9.17, 15) is 13.2 Å². The topological polar surface area (TPSA) is 12.0 Å². The molecule has 0 aliphatic heterocycles. The molecule has 1 unspecified atom stereocenters. The molecule has 1 saturated carbocycles. The van der Waals surface area contributed by atoms with Gasteiger partial charge in [0.2, 0.25) is 0 Å². The molecule has 1 nitrogen and oxygen atoms in total. The first-order chi connectivity index (χ1) is 9.05. The van der Waals surface area contributed by atoms with Crippen molar-refractivity contribution in [2.75, 3.05) is 7.05 Å². The Morgan fingerprint density at radius 1 is 1.05 bits per heavy atom. The van der Waals surface area contributed by atoms with E-state index in [-0.39, 0.29) is 22.8 Å². The smallest absolute Gasteiger partial charge is 0.313 e. The van der Waals surface area contributed by atoms with Gasteiger partial charge in [-0.25, -0.2) is 0 Å². The van der Waals surface area contributed by atoms with Crippen molar-refractivity contribution < 1.29 is 13.2 Å². The normalized spacial score (nSPS) is 22.6. The van der Waals surface area contributed by atoms with E-state index in [2.05, 4.69) is 33.0 Å². The van der Waals surface area contributed by atoms with Gasteiger partial charge in [0.05, 0.1) is 5.56 Å². The van der Waals surface area contributed by atoms with Crippen LogP contribution in [0.5, 0.6) is 0 Å². The minimum Gasteiger partial charge on any atom is -0.313 e. The molecule has 4 heteroatoms. The van der Waals surface area contributed by atoms with Crippen molar-refractivity contribution in [2.24, 2.45) is 16.7 Å². The van der Waals surface area contributed by atoms with E-state index >= 15 is 0 Å². The number of nitrogens with one attached hydrogen (secondary N) is 1. The van der Waals surface area contributed by atoms with Gasteiger partial charge in [0, 0.05) is 6.04 Å². The molecule has 0 amide bonds. The lowest BCUT2D eigenvalue weighted by Gasteiger charge is -2.23. The number of benzene rings is 1. The summed E-state index contributed by atoms with van der Waals surface area (Å²) in [5.74, 6) is 0.184. The van der Waals surface area contributed by atoms with Crippen molar-refractivity contribution in [3.63, 3.8) is 0 Å². The zero-order valence-electron chi connectivity index (χ0n) is 12.6. The van der Waals surface area contributed by atoms with Crippen molar-refractivity contribution >= 4 is 0 Å². The maximum atomic E-state index is 13.2. The van der Waals surface area contributed by atoms with Gasteiger partial charge in [0.15, 0.2) is 0 Å². The molecule has 1 aliphatic rings. The summed E-state index contributed by atoms with van der Waals surface area (Å²) in [5.41, 5.74) is -0.123. The van der Waals surface area contributed by atoms with Gasteiger partial charge < -0.3 is 5.32 Å². The molecule has 1 aliphatic carbocycles. The van der Waals surface area contributed by atoms with Crippen LogP contribution >= 0.6 is 0 Å². The molecule has 112 valence electrons. The Bertz CT molecular complexity index is 489. The van der Waals surface area contributed by atoms with Crippen molar-refractivity contribution in [2.45, 2.75) is 39.9 Å². The van der Waals surface area contributed by atoms with Gasteiger partial charge in [-0.1, -0.05) is 45.9 Å². The molecule has 0 saturated heterocycles. The summed E-state index contributed by atoms with van der Waals surface area (Å²) in [6.07, 6.45) is -4.31. The highest BCUT2D eigenvalue weighted by Crippen LogP contribution is 2.72. The van der Waals surface area contributed by atoms with Crippen LogP contribution in [0.4, 0.5) is 13.2 Å². The highest BCUT2D eigenvalue weighted by atomic mass is 19.4. The summed E-state index contributed by atoms with van der Waals surface area (Å²) < 4.78 is 39.6. The van der Waals surface area contributed by atoms with Crippen molar-refractivity contribution in [3.05, 3.63) is 35.4 Å². The third-order valence-electron chi connectivity index (χ3n) is 5.38. The fraction of sp³-hybridized carbons (Fsp3) is 0.625. The van der Waals surface area contributed by atoms with Gasteiger partial charge in [0.1, 0.15) is 0 Å². The second-order valence-corrected chi connectivity index (χ2v) is 6.77. The highest BCUT2D eigenvalue weighted by Gasteiger charge is 2.67. The number of rotatable bonds is 3. The molecule has 0 spiro atoms. The van der Waals surface area contributed by atoms with Crippen LogP contribution in [-0.2, 0) is 6.18 Å². The van der Waals surface area contributed by atoms with Crippen LogP contribution in [0.3, 0.4) is 0 Å². The van der Waals surface area contributed by atoms with E-state index in [1.807, 2.05) is 0 Å². The predicted molar refractivity (Wildman–Crippen MR) is 74.3 cm³/mol. The Labute approximate surface area is 118 Å². The second-order valence-electron chi connectivity index (χ2n) is 6.77. The number of hydrogen-bond acceptors (Lipinski definition) is 1. The van der Waals surface area contributed by atoms with Crippen LogP contribution in [-0.4, -0.2) is 7.05 Å². The Hall–Kier alpha value is -1.03. The number of halogens is 3. The van der Waals surface area contributed by atoms with Gasteiger partial charge in [0.25, 0.3) is 0 Å². The highest BCUT2D eigenvalue weighted by molar-refractivity contribution is 5.36. The molecule has 20 heavy (non-hydrogen) atoms. The monoisotopic (exact) mass is 285 g/mol. The average Bonchev–Trinajstić information content (AvgIpc) is 2.72. The molecule has 0 heterocycles. The van der Waals surface area contributed by atoms with Crippen LogP contribution in [0, 0.1) is 16.7 Å². The van der Waals surface area contributed by atoms with E-state index < -0.39 is 11.7 Å². The largest absolute Gasteiger partial charge is 0.416 e. The SMILES string of the molecule is CNC(c1ccccc1C(F)(F)F)C1C(C)(C)C1(C)C. The van der Waals surface area contributed by atoms with Crippen molar-refractivity contribution in [1.29, 1.82) is 0 Å². The summed E-state index contributed by atoms with van der Waals surface area (Å²) in [4.78, 5) is 0. The maximum Gasteiger partial charge on any atom is 0.416 e. The Morgan fingerprint density at radius 2 is 1.55 bits per heavy atom. The van der Waals surface area contributed by atoms with E-state index in [1.165, 1.54) is 12.1 Å². The lowest BCUT2D eigenvalue weighted by Crippen LogP contribution is -2.24. The van der Waals surface area contributed by atoms with Crippen LogP contribution in [0.2, 0.25) is 0 Å². The van der Waals surface area contributed by atoms with Crippen LogP contribution in [0.1, 0.15) is 44.9 Å². The minimum absolute atomic E-state index is 0.0272. The minimum atomic E-state index is -4.31. The van der Waals surface area contributed by atoms with Crippen LogP contribution < -0.4 is 5.32 Å². The first-order valence-electron chi connectivity index (χ1n) is 6.88.